The minimum Gasteiger partial charge on any atom is -0.504 e. The summed E-state index contributed by atoms with van der Waals surface area (Å²) in [5.74, 6) is -1.41. The summed E-state index contributed by atoms with van der Waals surface area (Å²) in [5.41, 5.74) is 0.910. The van der Waals surface area contributed by atoms with Gasteiger partial charge in [-0.3, -0.25) is 19.7 Å². The molecule has 1 aliphatic heterocycles. The van der Waals surface area contributed by atoms with E-state index in [9.17, 15) is 24.8 Å². The van der Waals surface area contributed by atoms with Crippen LogP contribution in [-0.4, -0.2) is 39.9 Å². The molecule has 2 N–H and O–H groups in total. The highest BCUT2D eigenvalue weighted by Crippen LogP contribution is 2.42. The lowest BCUT2D eigenvalue weighted by atomic mass is 10.1. The van der Waals surface area contributed by atoms with Crippen LogP contribution in [0.5, 0.6) is 11.5 Å². The van der Waals surface area contributed by atoms with Gasteiger partial charge in [0.1, 0.15) is 0 Å². The number of hydrogen-bond donors (Lipinski definition) is 2. The van der Waals surface area contributed by atoms with Gasteiger partial charge in [-0.15, -0.1) is 5.10 Å². The Kier molecular flexibility index (Phi) is 6.75. The minimum atomic E-state index is -1.27. The van der Waals surface area contributed by atoms with Gasteiger partial charge in [0.2, 0.25) is 18.0 Å². The molecule has 12 heteroatoms. The summed E-state index contributed by atoms with van der Waals surface area (Å²) in [7, 11) is 1.25. The number of rotatable bonds is 6. The number of nitrogens with zero attached hydrogens (tertiary/aromatic N) is 3. The molecule has 0 radical (unpaired) electrons. The number of hydrogen-bond acceptors (Lipinski definition) is 8. The molecule has 0 spiro atoms. The van der Waals surface area contributed by atoms with Crippen LogP contribution in [0.2, 0.25) is 5.02 Å². The molecule has 0 saturated carbocycles. The summed E-state index contributed by atoms with van der Waals surface area (Å²) < 4.78 is 10.9. The number of methoxy groups -OCH3 is 1. The second kappa shape index (κ2) is 9.92. The third kappa shape index (κ3) is 4.91. The molecule has 184 valence electrons. The van der Waals surface area contributed by atoms with E-state index in [1.54, 1.807) is 48.5 Å². The van der Waals surface area contributed by atoms with Crippen LogP contribution >= 0.6 is 11.6 Å². The highest BCUT2D eigenvalue weighted by molar-refractivity contribution is 6.31. The van der Waals surface area contributed by atoms with Crippen molar-refractivity contribution in [1.82, 2.24) is 5.01 Å². The number of phenols is 1. The zero-order valence-corrected chi connectivity index (χ0v) is 19.7. The average molecular weight is 511 g/mol. The van der Waals surface area contributed by atoms with Crippen molar-refractivity contribution in [1.29, 1.82) is 0 Å². The van der Waals surface area contributed by atoms with Crippen molar-refractivity contribution in [3.8, 4) is 11.5 Å². The normalized spacial score (nSPS) is 14.6. The quantitative estimate of drug-likeness (QED) is 0.368. The number of ether oxygens (including phenoxy) is 2. The first-order chi connectivity index (χ1) is 17.2. The van der Waals surface area contributed by atoms with E-state index in [0.29, 0.717) is 21.8 Å². The first-order valence-electron chi connectivity index (χ1n) is 10.5. The molecule has 0 fully saturated rings. The monoisotopic (exact) mass is 510 g/mol. The number of nitrogens with one attached hydrogen (secondary N) is 1. The van der Waals surface area contributed by atoms with Crippen molar-refractivity contribution in [2.75, 3.05) is 12.4 Å². The van der Waals surface area contributed by atoms with Gasteiger partial charge in [-0.1, -0.05) is 17.7 Å². The molecule has 3 aromatic carbocycles. The average Bonchev–Trinajstić information content (AvgIpc) is 3.30. The van der Waals surface area contributed by atoms with Crippen LogP contribution in [0.3, 0.4) is 0 Å². The summed E-state index contributed by atoms with van der Waals surface area (Å²) in [4.78, 5) is 35.4. The maximum Gasteiger partial charge on any atom is 0.273 e. The van der Waals surface area contributed by atoms with E-state index < -0.39 is 22.8 Å². The topological polar surface area (TPSA) is 144 Å². The van der Waals surface area contributed by atoms with E-state index in [2.05, 4.69) is 10.4 Å². The molecule has 0 aromatic heterocycles. The number of nitro benzene ring substituents is 1. The van der Waals surface area contributed by atoms with Gasteiger partial charge in [0.15, 0.2) is 11.5 Å². The second-order valence-corrected chi connectivity index (χ2v) is 8.06. The predicted molar refractivity (Wildman–Crippen MR) is 130 cm³/mol. The van der Waals surface area contributed by atoms with Crippen molar-refractivity contribution < 1.29 is 29.1 Å². The number of amides is 2. The Hall–Kier alpha value is -4.64. The molecule has 1 aliphatic rings. The Morgan fingerprint density at radius 3 is 2.53 bits per heavy atom. The molecule has 4 rings (SSSR count). The predicted octanol–water partition coefficient (Wildman–Crippen LogP) is 4.45. The molecule has 1 heterocycles. The first kappa shape index (κ1) is 24.5. The van der Waals surface area contributed by atoms with Gasteiger partial charge in [0.25, 0.3) is 11.6 Å². The Morgan fingerprint density at radius 1 is 1.19 bits per heavy atom. The molecular formula is C24H19ClN4O7. The largest absolute Gasteiger partial charge is 0.504 e. The highest BCUT2D eigenvalue weighted by Gasteiger charge is 2.37. The number of carbonyl (C=O) groups excluding carboxylic acids is 2. The van der Waals surface area contributed by atoms with Crippen LogP contribution in [0.25, 0.3) is 0 Å². The van der Waals surface area contributed by atoms with Gasteiger partial charge < -0.3 is 19.9 Å². The highest BCUT2D eigenvalue weighted by atomic mass is 35.5. The number of phenolic OH excluding ortho intramolecular Hbond substituents is 1. The number of aromatic hydroxyl groups is 1. The standard InChI is InChI=1S/C24H19ClN4O7/c1-13(30)28-24(19-11-18(29(33)34)12-20(35-2)21(19)31)36-23(27-28)14-6-8-17(9-7-14)26-22(32)15-4-3-5-16(25)10-15/h3-12,24,31H,1-2H3,(H,26,32)/t24-/m0/s1. The molecule has 1 atom stereocenters. The lowest BCUT2D eigenvalue weighted by Gasteiger charge is -2.20. The fourth-order valence-corrected chi connectivity index (χ4v) is 3.67. The third-order valence-electron chi connectivity index (χ3n) is 5.23. The number of non-ortho nitro benzene ring substituents is 1. The van der Waals surface area contributed by atoms with Crippen molar-refractivity contribution in [2.24, 2.45) is 5.10 Å². The molecule has 0 saturated heterocycles. The maximum atomic E-state index is 12.4. The van der Waals surface area contributed by atoms with Gasteiger partial charge in [0, 0.05) is 34.8 Å². The van der Waals surface area contributed by atoms with Gasteiger partial charge in [0.05, 0.1) is 23.7 Å². The SMILES string of the molecule is COc1cc([N+](=O)[O-])cc([C@@H]2OC(c3ccc(NC(=O)c4cccc(Cl)c4)cc3)=NN2C(C)=O)c1O. The van der Waals surface area contributed by atoms with Crippen LogP contribution in [0.15, 0.2) is 65.8 Å². The minimum absolute atomic E-state index is 0.0350. The molecule has 0 bridgehead atoms. The van der Waals surface area contributed by atoms with Crippen molar-refractivity contribution >= 4 is 40.7 Å². The summed E-state index contributed by atoms with van der Waals surface area (Å²) in [5, 5.41) is 30.3. The van der Waals surface area contributed by atoms with Crippen LogP contribution in [0, 0.1) is 10.1 Å². The second-order valence-electron chi connectivity index (χ2n) is 7.62. The molecule has 2 amide bonds. The van der Waals surface area contributed by atoms with Crippen molar-refractivity contribution in [3.63, 3.8) is 0 Å². The molecule has 0 aliphatic carbocycles. The van der Waals surface area contributed by atoms with Gasteiger partial charge in [-0.2, -0.15) is 5.01 Å². The van der Waals surface area contributed by atoms with Crippen molar-refractivity contribution in [2.45, 2.75) is 13.2 Å². The van der Waals surface area contributed by atoms with Gasteiger partial charge >= 0.3 is 0 Å². The van der Waals surface area contributed by atoms with E-state index in [4.69, 9.17) is 21.1 Å². The Balaban J connectivity index is 1.59. The van der Waals surface area contributed by atoms with Crippen LogP contribution in [0.1, 0.15) is 34.6 Å². The lowest BCUT2D eigenvalue weighted by molar-refractivity contribution is -0.385. The van der Waals surface area contributed by atoms with E-state index in [-0.39, 0.29) is 28.8 Å². The van der Waals surface area contributed by atoms with E-state index in [1.165, 1.54) is 14.0 Å². The number of hydrazone groups is 1. The molecule has 11 nitrogen and oxygen atoms in total. The Bertz CT molecular complexity index is 1390. The summed E-state index contributed by atoms with van der Waals surface area (Å²) in [6.07, 6.45) is -1.27. The van der Waals surface area contributed by atoms with Gasteiger partial charge in [-0.25, -0.2) is 0 Å². The summed E-state index contributed by atoms with van der Waals surface area (Å²) in [6.45, 7) is 1.24. The Labute approximate surface area is 209 Å². The number of carbonyl (C=O) groups is 2. The molecular weight excluding hydrogens is 492 g/mol. The molecule has 3 aromatic rings. The van der Waals surface area contributed by atoms with E-state index in [1.807, 2.05) is 0 Å². The molecule has 36 heavy (non-hydrogen) atoms. The van der Waals surface area contributed by atoms with Crippen molar-refractivity contribution in [3.05, 3.63) is 92.5 Å². The van der Waals surface area contributed by atoms with Crippen LogP contribution in [0.4, 0.5) is 11.4 Å². The fraction of sp³-hybridized carbons (Fsp3) is 0.125. The summed E-state index contributed by atoms with van der Waals surface area (Å²) in [6, 6.07) is 15.1. The smallest absolute Gasteiger partial charge is 0.273 e. The lowest BCUT2D eigenvalue weighted by Crippen LogP contribution is -2.25. The fourth-order valence-electron chi connectivity index (χ4n) is 3.48. The molecule has 0 unspecified atom stereocenters. The number of nitro groups is 1. The number of anilines is 1. The Morgan fingerprint density at radius 2 is 1.92 bits per heavy atom. The zero-order valence-electron chi connectivity index (χ0n) is 19.0. The zero-order chi connectivity index (χ0) is 26.0. The number of halogens is 1. The van der Waals surface area contributed by atoms with Crippen LogP contribution < -0.4 is 10.1 Å². The van der Waals surface area contributed by atoms with E-state index >= 15 is 0 Å². The first-order valence-corrected chi connectivity index (χ1v) is 10.8. The maximum absolute atomic E-state index is 12.4. The summed E-state index contributed by atoms with van der Waals surface area (Å²) >= 11 is 5.94. The van der Waals surface area contributed by atoms with Crippen LogP contribution in [-0.2, 0) is 9.53 Å². The third-order valence-corrected chi connectivity index (χ3v) is 5.46. The van der Waals surface area contributed by atoms with E-state index in [0.717, 1.165) is 17.1 Å². The number of benzene rings is 3. The van der Waals surface area contributed by atoms with Gasteiger partial charge in [-0.05, 0) is 42.5 Å².